The molecule has 0 N–H and O–H groups in total. The van der Waals surface area contributed by atoms with E-state index in [9.17, 15) is 13.2 Å². The normalized spacial score (nSPS) is 11.2. The molecule has 2 heterocycles. The molecule has 0 aliphatic rings. The highest BCUT2D eigenvalue weighted by molar-refractivity contribution is 6.29. The first-order chi connectivity index (χ1) is 9.49. The maximum absolute atomic E-state index is 13.8. The molecule has 4 nitrogen and oxygen atoms in total. The average molecular weight is 299 g/mol. The zero-order valence-corrected chi connectivity index (χ0v) is 10.8. The van der Waals surface area contributed by atoms with Crippen LogP contribution in [0.3, 0.4) is 0 Å². The first-order valence-electron chi connectivity index (χ1n) is 5.51. The van der Waals surface area contributed by atoms with Gasteiger partial charge in [-0.1, -0.05) is 11.6 Å². The number of aryl methyl sites for hydroxylation is 1. The van der Waals surface area contributed by atoms with Crippen molar-refractivity contribution in [1.29, 1.82) is 0 Å². The summed E-state index contributed by atoms with van der Waals surface area (Å²) >= 11 is 5.78. The van der Waals surface area contributed by atoms with Crippen LogP contribution in [0.25, 0.3) is 17.0 Å². The summed E-state index contributed by atoms with van der Waals surface area (Å²) in [6, 6.07) is 3.36. The fraction of sp³-hybridized carbons (Fsp3) is 0.0833. The number of fused-ring (bicyclic) bond motifs is 1. The molecule has 0 atom stereocenters. The summed E-state index contributed by atoms with van der Waals surface area (Å²) in [5.41, 5.74) is 0.130. The Bertz CT molecular complexity index is 831. The fourth-order valence-electron chi connectivity index (χ4n) is 1.93. The molecule has 2 aromatic heterocycles. The number of rotatable bonds is 1. The van der Waals surface area contributed by atoms with Crippen molar-refractivity contribution in [1.82, 2.24) is 19.6 Å². The van der Waals surface area contributed by atoms with Crippen LogP contribution < -0.4 is 0 Å². The molecule has 0 amide bonds. The molecule has 0 unspecified atom stereocenters. The maximum atomic E-state index is 13.8. The van der Waals surface area contributed by atoms with Crippen molar-refractivity contribution >= 4 is 17.2 Å². The summed E-state index contributed by atoms with van der Waals surface area (Å²) in [5, 5.41) is 7.81. The highest BCUT2D eigenvalue weighted by Gasteiger charge is 2.20. The van der Waals surface area contributed by atoms with Crippen LogP contribution in [0.15, 0.2) is 18.2 Å². The van der Waals surface area contributed by atoms with Crippen LogP contribution in [0.5, 0.6) is 0 Å². The number of hydrogen-bond donors (Lipinski definition) is 0. The van der Waals surface area contributed by atoms with Gasteiger partial charge in [0.05, 0.1) is 5.56 Å². The van der Waals surface area contributed by atoms with E-state index in [4.69, 9.17) is 11.6 Å². The Morgan fingerprint density at radius 3 is 2.60 bits per heavy atom. The van der Waals surface area contributed by atoms with E-state index in [1.807, 2.05) is 0 Å². The molecule has 102 valence electrons. The Morgan fingerprint density at radius 1 is 1.10 bits per heavy atom. The van der Waals surface area contributed by atoms with E-state index in [1.54, 1.807) is 6.92 Å². The number of nitrogens with zero attached hydrogens (tertiary/aromatic N) is 4. The van der Waals surface area contributed by atoms with Gasteiger partial charge >= 0.3 is 0 Å². The van der Waals surface area contributed by atoms with E-state index >= 15 is 0 Å². The Balaban J connectivity index is 2.34. The van der Waals surface area contributed by atoms with E-state index in [-0.39, 0.29) is 16.5 Å². The number of halogens is 4. The minimum absolute atomic E-state index is 0.0260. The molecule has 0 bridgehead atoms. The van der Waals surface area contributed by atoms with Gasteiger partial charge in [-0.15, -0.1) is 10.2 Å². The Labute approximate surface area is 115 Å². The van der Waals surface area contributed by atoms with Crippen molar-refractivity contribution in [3.8, 4) is 11.4 Å². The second-order valence-electron chi connectivity index (χ2n) is 4.07. The van der Waals surface area contributed by atoms with E-state index in [0.717, 1.165) is 12.1 Å². The Hall–Kier alpha value is -2.15. The molecule has 0 saturated heterocycles. The Morgan fingerprint density at radius 2 is 1.85 bits per heavy atom. The van der Waals surface area contributed by atoms with Crippen LogP contribution in [0.2, 0.25) is 5.15 Å². The quantitative estimate of drug-likeness (QED) is 0.512. The van der Waals surface area contributed by atoms with Crippen LogP contribution in [0, 0.1) is 24.4 Å². The smallest absolute Gasteiger partial charge is 0.195 e. The Kier molecular flexibility index (Phi) is 2.86. The van der Waals surface area contributed by atoms with Gasteiger partial charge in [-0.3, -0.25) is 4.40 Å². The highest BCUT2D eigenvalue weighted by atomic mass is 35.5. The van der Waals surface area contributed by atoms with Crippen molar-refractivity contribution in [2.24, 2.45) is 0 Å². The number of hydrogen-bond acceptors (Lipinski definition) is 3. The van der Waals surface area contributed by atoms with Gasteiger partial charge in [0, 0.05) is 6.07 Å². The molecular weight excluding hydrogens is 293 g/mol. The molecule has 0 saturated carbocycles. The molecule has 0 aliphatic carbocycles. The lowest BCUT2D eigenvalue weighted by atomic mass is 10.2. The second kappa shape index (κ2) is 4.45. The molecule has 8 heteroatoms. The number of benzene rings is 1. The standard InChI is InChI=1S/C12H6ClF3N4/c1-5-17-8(13)4-9-18-19-12(20(5)9)6-2-3-7(14)11(16)10(6)15/h2-4H,1H3. The molecule has 3 aromatic rings. The average Bonchev–Trinajstić information content (AvgIpc) is 2.80. The monoisotopic (exact) mass is 298 g/mol. The van der Waals surface area contributed by atoms with Gasteiger partial charge in [0.2, 0.25) is 0 Å². The van der Waals surface area contributed by atoms with Gasteiger partial charge in [-0.2, -0.15) is 0 Å². The van der Waals surface area contributed by atoms with Crippen molar-refractivity contribution in [3.05, 3.63) is 46.6 Å². The van der Waals surface area contributed by atoms with Crippen LogP contribution in [-0.2, 0) is 0 Å². The molecule has 0 radical (unpaired) electrons. The minimum Gasteiger partial charge on any atom is -0.263 e. The topological polar surface area (TPSA) is 43.1 Å². The molecule has 0 aliphatic heterocycles. The van der Waals surface area contributed by atoms with Crippen molar-refractivity contribution in [2.75, 3.05) is 0 Å². The van der Waals surface area contributed by atoms with Gasteiger partial charge in [0.1, 0.15) is 11.0 Å². The molecule has 3 rings (SSSR count). The van der Waals surface area contributed by atoms with Crippen LogP contribution in [0.4, 0.5) is 13.2 Å². The minimum atomic E-state index is -1.56. The van der Waals surface area contributed by atoms with Crippen molar-refractivity contribution in [3.63, 3.8) is 0 Å². The third-order valence-electron chi connectivity index (χ3n) is 2.80. The van der Waals surface area contributed by atoms with Crippen LogP contribution in [-0.4, -0.2) is 19.6 Å². The SMILES string of the molecule is Cc1nc(Cl)cc2nnc(-c3ccc(F)c(F)c3F)n12. The van der Waals surface area contributed by atoms with Crippen LogP contribution >= 0.6 is 11.6 Å². The number of aromatic nitrogens is 4. The summed E-state index contributed by atoms with van der Waals surface area (Å²) in [4.78, 5) is 3.99. The van der Waals surface area contributed by atoms with Gasteiger partial charge in [0.15, 0.2) is 28.9 Å². The summed E-state index contributed by atoms with van der Waals surface area (Å²) in [6.07, 6.45) is 0. The summed E-state index contributed by atoms with van der Waals surface area (Å²) in [5.74, 6) is -3.72. The lowest BCUT2D eigenvalue weighted by Gasteiger charge is -2.05. The predicted octanol–water partition coefficient (Wildman–Crippen LogP) is 3.17. The van der Waals surface area contributed by atoms with E-state index < -0.39 is 17.5 Å². The first-order valence-corrected chi connectivity index (χ1v) is 5.89. The van der Waals surface area contributed by atoms with E-state index in [1.165, 1.54) is 10.5 Å². The predicted molar refractivity (Wildman–Crippen MR) is 65.8 cm³/mol. The molecule has 0 spiro atoms. The largest absolute Gasteiger partial charge is 0.263 e. The molecular formula is C12H6ClF3N4. The van der Waals surface area contributed by atoms with Crippen molar-refractivity contribution in [2.45, 2.75) is 6.92 Å². The summed E-state index contributed by atoms with van der Waals surface area (Å²) in [7, 11) is 0. The second-order valence-corrected chi connectivity index (χ2v) is 4.45. The third-order valence-corrected chi connectivity index (χ3v) is 3.00. The zero-order valence-electron chi connectivity index (χ0n) is 10.0. The first kappa shape index (κ1) is 12.9. The summed E-state index contributed by atoms with van der Waals surface area (Å²) < 4.78 is 41.5. The van der Waals surface area contributed by atoms with Crippen LogP contribution in [0.1, 0.15) is 5.82 Å². The molecule has 1 aromatic carbocycles. The summed E-state index contributed by atoms with van der Waals surface area (Å²) in [6.45, 7) is 1.61. The lowest BCUT2D eigenvalue weighted by Crippen LogP contribution is -2.01. The molecule has 20 heavy (non-hydrogen) atoms. The third kappa shape index (κ3) is 1.82. The zero-order chi connectivity index (χ0) is 14.4. The fourth-order valence-corrected chi connectivity index (χ4v) is 2.15. The van der Waals surface area contributed by atoms with Gasteiger partial charge in [-0.25, -0.2) is 18.2 Å². The lowest BCUT2D eigenvalue weighted by molar-refractivity contribution is 0.448. The maximum Gasteiger partial charge on any atom is 0.195 e. The molecule has 0 fully saturated rings. The van der Waals surface area contributed by atoms with E-state index in [2.05, 4.69) is 15.2 Å². The van der Waals surface area contributed by atoms with E-state index in [0.29, 0.717) is 11.5 Å². The highest BCUT2D eigenvalue weighted by Crippen LogP contribution is 2.26. The van der Waals surface area contributed by atoms with Gasteiger partial charge in [0.25, 0.3) is 0 Å². The van der Waals surface area contributed by atoms with Crippen molar-refractivity contribution < 1.29 is 13.2 Å². The van der Waals surface area contributed by atoms with Gasteiger partial charge in [-0.05, 0) is 19.1 Å². The van der Waals surface area contributed by atoms with Gasteiger partial charge < -0.3 is 0 Å².